The minimum Gasteiger partial charge on any atom is -0.507 e. The number of hydrogen-bond acceptors (Lipinski definition) is 4. The Hall–Kier alpha value is -3.12. The molecule has 29 heavy (non-hydrogen) atoms. The predicted molar refractivity (Wildman–Crippen MR) is 114 cm³/mol. The molecule has 0 aliphatic heterocycles. The maximum atomic E-state index is 14.5. The van der Waals surface area contributed by atoms with Gasteiger partial charge in [-0.15, -0.1) is 0 Å². The molecule has 3 aromatic rings. The van der Waals surface area contributed by atoms with Crippen LogP contribution in [0.3, 0.4) is 0 Å². The van der Waals surface area contributed by atoms with Gasteiger partial charge in [-0.25, -0.2) is 9.37 Å². The molecule has 5 nitrogen and oxygen atoms in total. The SMILES string of the molecule is CC(=O)NCCNc1cc(-c2c(F)cccc2Cl)cc(-c2cc(C)ccc2O)n1. The summed E-state index contributed by atoms with van der Waals surface area (Å²) >= 11 is 6.26. The third kappa shape index (κ3) is 5.03. The largest absolute Gasteiger partial charge is 0.507 e. The topological polar surface area (TPSA) is 74.2 Å². The molecule has 0 saturated carbocycles. The van der Waals surface area contributed by atoms with Crippen molar-refractivity contribution in [3.05, 3.63) is 64.9 Å². The number of carbonyl (C=O) groups is 1. The number of benzene rings is 2. The Labute approximate surface area is 173 Å². The lowest BCUT2D eigenvalue weighted by Gasteiger charge is -2.14. The molecule has 0 unspecified atom stereocenters. The Morgan fingerprint density at radius 3 is 2.69 bits per heavy atom. The monoisotopic (exact) mass is 413 g/mol. The first-order valence-corrected chi connectivity index (χ1v) is 9.47. The van der Waals surface area contributed by atoms with Crippen LogP contribution in [0.2, 0.25) is 5.02 Å². The third-order valence-electron chi connectivity index (χ3n) is 4.31. The normalized spacial score (nSPS) is 10.6. The van der Waals surface area contributed by atoms with E-state index in [4.69, 9.17) is 11.6 Å². The van der Waals surface area contributed by atoms with Crippen LogP contribution < -0.4 is 10.6 Å². The minimum absolute atomic E-state index is 0.0732. The molecule has 1 amide bonds. The quantitative estimate of drug-likeness (QED) is 0.509. The van der Waals surface area contributed by atoms with Crippen LogP contribution in [-0.4, -0.2) is 29.1 Å². The van der Waals surface area contributed by atoms with Gasteiger partial charge in [-0.1, -0.05) is 29.3 Å². The summed E-state index contributed by atoms with van der Waals surface area (Å²) in [5.74, 6) is -0.0310. The van der Waals surface area contributed by atoms with Gasteiger partial charge in [-0.3, -0.25) is 4.79 Å². The Kier molecular flexibility index (Phi) is 6.34. The van der Waals surface area contributed by atoms with Gasteiger partial charge in [0.05, 0.1) is 10.7 Å². The fourth-order valence-corrected chi connectivity index (χ4v) is 3.23. The standard InChI is InChI=1S/C22H21ClFN3O2/c1-13-6-7-20(29)16(10-13)19-11-15(22-17(23)4-3-5-18(22)24)12-21(27-19)26-9-8-25-14(2)28/h3-7,10-12,29H,8-9H2,1-2H3,(H,25,28)(H,26,27). The molecule has 1 heterocycles. The summed E-state index contributed by atoms with van der Waals surface area (Å²) in [6.45, 7) is 4.19. The zero-order valence-electron chi connectivity index (χ0n) is 16.1. The molecule has 0 bridgehead atoms. The molecule has 0 radical (unpaired) electrons. The van der Waals surface area contributed by atoms with Crippen molar-refractivity contribution in [1.29, 1.82) is 0 Å². The lowest BCUT2D eigenvalue weighted by atomic mass is 10.0. The van der Waals surface area contributed by atoms with Crippen molar-refractivity contribution in [3.63, 3.8) is 0 Å². The van der Waals surface area contributed by atoms with Crippen molar-refractivity contribution in [2.24, 2.45) is 0 Å². The van der Waals surface area contributed by atoms with Crippen LogP contribution in [0.15, 0.2) is 48.5 Å². The maximum Gasteiger partial charge on any atom is 0.216 e. The van der Waals surface area contributed by atoms with Gasteiger partial charge in [0.1, 0.15) is 17.4 Å². The average Bonchev–Trinajstić information content (AvgIpc) is 2.67. The highest BCUT2D eigenvalue weighted by Gasteiger charge is 2.15. The Morgan fingerprint density at radius 2 is 1.97 bits per heavy atom. The molecule has 150 valence electrons. The van der Waals surface area contributed by atoms with E-state index in [0.717, 1.165) is 5.56 Å². The van der Waals surface area contributed by atoms with E-state index < -0.39 is 5.82 Å². The fraction of sp³-hybridized carbons (Fsp3) is 0.182. The van der Waals surface area contributed by atoms with Gasteiger partial charge in [0, 0.05) is 31.1 Å². The number of aromatic hydroxyl groups is 1. The Bertz CT molecular complexity index is 1040. The van der Waals surface area contributed by atoms with E-state index in [0.29, 0.717) is 35.7 Å². The van der Waals surface area contributed by atoms with E-state index >= 15 is 0 Å². The number of pyridine rings is 1. The number of carbonyl (C=O) groups excluding carboxylic acids is 1. The lowest BCUT2D eigenvalue weighted by Crippen LogP contribution is -2.26. The highest BCUT2D eigenvalue weighted by atomic mass is 35.5. The van der Waals surface area contributed by atoms with E-state index in [9.17, 15) is 14.3 Å². The van der Waals surface area contributed by atoms with Crippen LogP contribution in [0.1, 0.15) is 12.5 Å². The molecule has 0 aliphatic rings. The van der Waals surface area contributed by atoms with Gasteiger partial charge in [0.2, 0.25) is 5.91 Å². The van der Waals surface area contributed by atoms with Crippen molar-refractivity contribution in [2.75, 3.05) is 18.4 Å². The number of amides is 1. The van der Waals surface area contributed by atoms with Crippen LogP contribution in [0.25, 0.3) is 22.4 Å². The number of aromatic nitrogens is 1. The van der Waals surface area contributed by atoms with E-state index in [1.165, 1.54) is 13.0 Å². The second-order valence-electron chi connectivity index (χ2n) is 6.65. The molecule has 0 aliphatic carbocycles. The van der Waals surface area contributed by atoms with E-state index in [1.807, 2.05) is 13.0 Å². The van der Waals surface area contributed by atoms with Crippen molar-refractivity contribution >= 4 is 23.3 Å². The smallest absolute Gasteiger partial charge is 0.216 e. The van der Waals surface area contributed by atoms with Gasteiger partial charge in [-0.05, 0) is 48.9 Å². The van der Waals surface area contributed by atoms with Crippen molar-refractivity contribution in [1.82, 2.24) is 10.3 Å². The number of nitrogens with zero attached hydrogens (tertiary/aromatic N) is 1. The highest BCUT2D eigenvalue weighted by molar-refractivity contribution is 6.33. The summed E-state index contributed by atoms with van der Waals surface area (Å²) in [7, 11) is 0. The van der Waals surface area contributed by atoms with Crippen LogP contribution in [0.5, 0.6) is 5.75 Å². The molecule has 0 saturated heterocycles. The molecule has 0 atom stereocenters. The Morgan fingerprint density at radius 1 is 1.17 bits per heavy atom. The number of hydrogen-bond donors (Lipinski definition) is 3. The second kappa shape index (κ2) is 8.92. The number of halogens is 2. The number of anilines is 1. The fourth-order valence-electron chi connectivity index (χ4n) is 2.96. The van der Waals surface area contributed by atoms with Gasteiger partial charge >= 0.3 is 0 Å². The van der Waals surface area contributed by atoms with Gasteiger partial charge in [-0.2, -0.15) is 0 Å². The summed E-state index contributed by atoms with van der Waals surface area (Å²) in [4.78, 5) is 15.6. The molecular weight excluding hydrogens is 393 g/mol. The lowest BCUT2D eigenvalue weighted by molar-refractivity contribution is -0.118. The van der Waals surface area contributed by atoms with Crippen molar-refractivity contribution < 1.29 is 14.3 Å². The van der Waals surface area contributed by atoms with Gasteiger partial charge in [0.25, 0.3) is 0 Å². The first-order valence-electron chi connectivity index (χ1n) is 9.10. The van der Waals surface area contributed by atoms with Crippen LogP contribution in [-0.2, 0) is 4.79 Å². The van der Waals surface area contributed by atoms with Crippen LogP contribution >= 0.6 is 11.6 Å². The maximum absolute atomic E-state index is 14.5. The summed E-state index contributed by atoms with van der Waals surface area (Å²) in [5.41, 5.74) is 2.75. The number of aryl methyl sites for hydroxylation is 1. The van der Waals surface area contributed by atoms with Crippen molar-refractivity contribution in [2.45, 2.75) is 13.8 Å². The first kappa shape index (κ1) is 20.6. The number of phenols is 1. The predicted octanol–water partition coefficient (Wildman–Crippen LogP) is 4.77. The number of phenolic OH excluding ortho intramolecular Hbond substituents is 1. The van der Waals surface area contributed by atoms with E-state index in [-0.39, 0.29) is 22.2 Å². The number of rotatable bonds is 6. The average molecular weight is 414 g/mol. The second-order valence-corrected chi connectivity index (χ2v) is 7.06. The molecule has 0 fully saturated rings. The summed E-state index contributed by atoms with van der Waals surface area (Å²) in [6, 6.07) is 13.1. The molecular formula is C22H21ClFN3O2. The minimum atomic E-state index is -0.452. The molecule has 1 aromatic heterocycles. The summed E-state index contributed by atoms with van der Waals surface area (Å²) < 4.78 is 14.5. The van der Waals surface area contributed by atoms with Gasteiger partial charge in [0.15, 0.2) is 0 Å². The van der Waals surface area contributed by atoms with Gasteiger partial charge < -0.3 is 15.7 Å². The summed E-state index contributed by atoms with van der Waals surface area (Å²) in [6.07, 6.45) is 0. The van der Waals surface area contributed by atoms with E-state index in [2.05, 4.69) is 15.6 Å². The Balaban J connectivity index is 2.07. The zero-order valence-corrected chi connectivity index (χ0v) is 16.8. The molecule has 7 heteroatoms. The van der Waals surface area contributed by atoms with Crippen LogP contribution in [0.4, 0.5) is 10.2 Å². The molecule has 2 aromatic carbocycles. The van der Waals surface area contributed by atoms with Crippen LogP contribution in [0, 0.1) is 12.7 Å². The number of nitrogens with one attached hydrogen (secondary N) is 2. The zero-order chi connectivity index (χ0) is 21.0. The third-order valence-corrected chi connectivity index (χ3v) is 4.62. The van der Waals surface area contributed by atoms with Crippen molar-refractivity contribution in [3.8, 4) is 28.1 Å². The molecule has 3 N–H and O–H groups in total. The summed E-state index contributed by atoms with van der Waals surface area (Å²) in [5, 5.41) is 16.4. The highest BCUT2D eigenvalue weighted by Crippen LogP contribution is 2.36. The first-order chi connectivity index (χ1) is 13.8. The molecule has 3 rings (SSSR count). The molecule has 0 spiro atoms. The van der Waals surface area contributed by atoms with E-state index in [1.54, 1.807) is 36.4 Å².